The third-order valence-corrected chi connectivity index (χ3v) is 7.80. The number of carbonyl (C=O) groups excluding carboxylic acids is 1. The van der Waals surface area contributed by atoms with E-state index in [4.69, 9.17) is 9.47 Å². The number of amides is 1. The minimum Gasteiger partial charge on any atom is -0.393 e. The summed E-state index contributed by atoms with van der Waals surface area (Å²) in [7, 11) is 1.70. The lowest BCUT2D eigenvalue weighted by Gasteiger charge is -2.34. The highest BCUT2D eigenvalue weighted by Crippen LogP contribution is 2.42. The van der Waals surface area contributed by atoms with Gasteiger partial charge in [-0.3, -0.25) is 4.79 Å². The number of rotatable bonds is 8. The number of imidazole rings is 1. The summed E-state index contributed by atoms with van der Waals surface area (Å²) in [6.07, 6.45) is 7.95. The van der Waals surface area contributed by atoms with Crippen LogP contribution in [0.4, 0.5) is 0 Å². The van der Waals surface area contributed by atoms with Crippen molar-refractivity contribution in [3.05, 3.63) is 77.9 Å². The maximum Gasteiger partial charge on any atom is 0.222 e. The number of aliphatic hydroxyl groups is 1. The van der Waals surface area contributed by atoms with E-state index in [0.717, 1.165) is 61.2 Å². The number of hydrogen-bond acceptors (Lipinski definition) is 5. The molecule has 0 spiro atoms. The summed E-state index contributed by atoms with van der Waals surface area (Å²) < 4.78 is 13.7. The zero-order valence-corrected chi connectivity index (χ0v) is 22.7. The van der Waals surface area contributed by atoms with E-state index in [1.165, 1.54) is 5.56 Å². The normalized spacial score (nSPS) is 22.2. The molecule has 1 saturated heterocycles. The Morgan fingerprint density at radius 1 is 1.15 bits per heavy atom. The van der Waals surface area contributed by atoms with Gasteiger partial charge in [-0.2, -0.15) is 0 Å². The van der Waals surface area contributed by atoms with Crippen LogP contribution in [0.15, 0.2) is 60.9 Å². The van der Waals surface area contributed by atoms with Gasteiger partial charge in [-0.1, -0.05) is 48.2 Å². The van der Waals surface area contributed by atoms with Crippen molar-refractivity contribution in [3.63, 3.8) is 0 Å². The van der Waals surface area contributed by atoms with Gasteiger partial charge in [-0.05, 0) is 73.8 Å². The van der Waals surface area contributed by atoms with E-state index in [2.05, 4.69) is 58.5 Å². The molecule has 3 atom stereocenters. The van der Waals surface area contributed by atoms with Crippen molar-refractivity contribution in [1.82, 2.24) is 14.9 Å². The molecule has 0 radical (unpaired) electrons. The molecule has 7 nitrogen and oxygen atoms in total. The monoisotopic (exact) mass is 527 g/mol. The number of carbonyl (C=O) groups is 1. The highest BCUT2D eigenvalue weighted by atomic mass is 16.7. The Kier molecular flexibility index (Phi) is 8.77. The number of hydrogen-bond donors (Lipinski definition) is 2. The summed E-state index contributed by atoms with van der Waals surface area (Å²) in [6, 6.07) is 16.4. The molecule has 1 unspecified atom stereocenters. The Morgan fingerprint density at radius 2 is 1.87 bits per heavy atom. The van der Waals surface area contributed by atoms with Crippen molar-refractivity contribution in [2.45, 2.75) is 63.4 Å². The molecule has 1 aliphatic heterocycles. The zero-order chi connectivity index (χ0) is 27.2. The number of aromatic nitrogens is 2. The average Bonchev–Trinajstić information content (AvgIpc) is 3.44. The van der Waals surface area contributed by atoms with Crippen LogP contribution in [-0.4, -0.2) is 47.1 Å². The molecule has 1 amide bonds. The lowest BCUT2D eigenvalue weighted by Crippen LogP contribution is -2.35. The van der Waals surface area contributed by atoms with E-state index in [9.17, 15) is 9.90 Å². The molecule has 2 fully saturated rings. The van der Waals surface area contributed by atoms with Gasteiger partial charge in [0.15, 0.2) is 6.29 Å². The van der Waals surface area contributed by atoms with Crippen LogP contribution >= 0.6 is 0 Å². The molecule has 1 aliphatic carbocycles. The van der Waals surface area contributed by atoms with Crippen molar-refractivity contribution in [2.24, 2.45) is 5.92 Å². The summed E-state index contributed by atoms with van der Waals surface area (Å²) in [6.45, 7) is 2.55. The van der Waals surface area contributed by atoms with Crippen LogP contribution in [-0.2, 0) is 14.3 Å². The number of nitrogens with zero attached hydrogens (tertiary/aromatic N) is 2. The fourth-order valence-electron chi connectivity index (χ4n) is 5.38. The van der Waals surface area contributed by atoms with Gasteiger partial charge >= 0.3 is 0 Å². The van der Waals surface area contributed by atoms with Crippen LogP contribution in [0.5, 0.6) is 0 Å². The van der Waals surface area contributed by atoms with Crippen molar-refractivity contribution < 1.29 is 19.4 Å². The summed E-state index contributed by atoms with van der Waals surface area (Å²) in [5.41, 5.74) is 4.44. The Balaban J connectivity index is 1.21. The Bertz CT molecular complexity index is 1290. The van der Waals surface area contributed by atoms with Crippen LogP contribution in [0.1, 0.15) is 74.0 Å². The largest absolute Gasteiger partial charge is 0.393 e. The molecule has 1 saturated carbocycles. The second kappa shape index (κ2) is 12.6. The minimum atomic E-state index is -0.428. The van der Waals surface area contributed by atoms with Crippen LogP contribution in [0.3, 0.4) is 0 Å². The smallest absolute Gasteiger partial charge is 0.222 e. The maximum atomic E-state index is 11.8. The first-order valence-electron chi connectivity index (χ1n) is 13.9. The number of ether oxygens (including phenoxy) is 2. The molecule has 0 bridgehead atoms. The fraction of sp³-hybridized carbons (Fsp3) is 0.438. The molecule has 2 aromatic carbocycles. The van der Waals surface area contributed by atoms with Gasteiger partial charge in [0.25, 0.3) is 0 Å². The minimum absolute atomic E-state index is 0.127. The summed E-state index contributed by atoms with van der Waals surface area (Å²) in [4.78, 5) is 16.2. The highest BCUT2D eigenvalue weighted by molar-refractivity contribution is 5.79. The molecule has 5 rings (SSSR count). The quantitative estimate of drug-likeness (QED) is 0.404. The zero-order valence-electron chi connectivity index (χ0n) is 22.7. The van der Waals surface area contributed by atoms with Crippen LogP contribution < -0.4 is 5.32 Å². The second-order valence-corrected chi connectivity index (χ2v) is 10.4. The van der Waals surface area contributed by atoms with Crippen LogP contribution in [0, 0.1) is 17.8 Å². The van der Waals surface area contributed by atoms with Gasteiger partial charge in [0.05, 0.1) is 6.61 Å². The lowest BCUT2D eigenvalue weighted by atomic mass is 9.71. The molecule has 2 aliphatic rings. The summed E-state index contributed by atoms with van der Waals surface area (Å²) in [5.74, 6) is 7.89. The first-order valence-corrected chi connectivity index (χ1v) is 13.9. The topological polar surface area (TPSA) is 85.6 Å². The third-order valence-electron chi connectivity index (χ3n) is 7.80. The summed E-state index contributed by atoms with van der Waals surface area (Å²) >= 11 is 0. The van der Waals surface area contributed by atoms with E-state index >= 15 is 0 Å². The molecule has 2 heterocycles. The Hall–Kier alpha value is -3.44. The molecule has 204 valence electrons. The molecule has 3 aromatic rings. The van der Waals surface area contributed by atoms with Gasteiger partial charge < -0.3 is 24.5 Å². The Labute approximate surface area is 230 Å². The summed E-state index contributed by atoms with van der Waals surface area (Å²) in [5, 5.41) is 12.8. The lowest BCUT2D eigenvalue weighted by molar-refractivity contribution is -0.188. The maximum absolute atomic E-state index is 11.8. The molecule has 39 heavy (non-hydrogen) atoms. The van der Waals surface area contributed by atoms with Crippen molar-refractivity contribution in [1.29, 1.82) is 0 Å². The number of nitrogens with one attached hydrogen (secondary N) is 1. The van der Waals surface area contributed by atoms with Gasteiger partial charge in [0.2, 0.25) is 5.91 Å². The fourth-order valence-corrected chi connectivity index (χ4v) is 5.38. The van der Waals surface area contributed by atoms with E-state index < -0.39 is 6.04 Å². The molecule has 2 N–H and O–H groups in total. The van der Waals surface area contributed by atoms with E-state index in [1.54, 1.807) is 13.2 Å². The highest BCUT2D eigenvalue weighted by Gasteiger charge is 2.34. The van der Waals surface area contributed by atoms with E-state index in [-0.39, 0.29) is 30.8 Å². The van der Waals surface area contributed by atoms with Crippen LogP contribution in [0.2, 0.25) is 0 Å². The number of aliphatic hydroxyl groups excluding tert-OH is 1. The standard InChI is InChI=1S/C32H37N3O4/c1-22(39-30-5-3-4-18-38-30)31-34-16-17-35(31)29(21-36)15-8-23-6-9-24(10-7-23)25-11-13-26(14-12-25)27-19-28(20-27)32(37)33-2/h6-7,9-14,16-17,22,27-30,36H,3-5,18-21H2,1-2H3,(H,33,37)/t22-,27?,28?,29-,30?/m0/s1. The van der Waals surface area contributed by atoms with Crippen molar-refractivity contribution in [2.75, 3.05) is 20.3 Å². The van der Waals surface area contributed by atoms with Crippen molar-refractivity contribution in [3.8, 4) is 23.0 Å². The van der Waals surface area contributed by atoms with Gasteiger partial charge in [0, 0.05) is 37.5 Å². The third kappa shape index (κ3) is 6.42. The Morgan fingerprint density at radius 3 is 2.51 bits per heavy atom. The predicted molar refractivity (Wildman–Crippen MR) is 150 cm³/mol. The van der Waals surface area contributed by atoms with Gasteiger partial charge in [0.1, 0.15) is 18.0 Å². The molecular formula is C32H37N3O4. The first kappa shape index (κ1) is 27.1. The predicted octanol–water partition coefficient (Wildman–Crippen LogP) is 4.98. The average molecular weight is 528 g/mol. The number of benzene rings is 2. The molecular weight excluding hydrogens is 490 g/mol. The second-order valence-electron chi connectivity index (χ2n) is 10.4. The molecule has 7 heteroatoms. The molecule has 1 aromatic heterocycles. The van der Waals surface area contributed by atoms with Gasteiger partial charge in [-0.15, -0.1) is 0 Å². The first-order chi connectivity index (χ1) is 19.1. The SMILES string of the molecule is CNC(=O)C1CC(c2ccc(-c3ccc(C#C[C@@H](CO)n4ccnc4[C@H](C)OC4CCCCO4)cc3)cc2)C1. The van der Waals surface area contributed by atoms with Crippen LogP contribution in [0.25, 0.3) is 11.1 Å². The van der Waals surface area contributed by atoms with E-state index in [0.29, 0.717) is 5.92 Å². The van der Waals surface area contributed by atoms with E-state index in [1.807, 2.05) is 29.8 Å². The van der Waals surface area contributed by atoms with Crippen molar-refractivity contribution >= 4 is 5.91 Å². The van der Waals surface area contributed by atoms with Gasteiger partial charge in [-0.25, -0.2) is 4.98 Å².